The fourth-order valence-corrected chi connectivity index (χ4v) is 3.82. The number of carbonyl (C=O) groups is 1. The van der Waals surface area contributed by atoms with E-state index in [1.807, 2.05) is 49.0 Å². The number of aryl methyl sites for hydroxylation is 2. The minimum absolute atomic E-state index is 0.450. The molecule has 0 amide bonds. The molecule has 0 radical (unpaired) electrons. The summed E-state index contributed by atoms with van der Waals surface area (Å²) in [6.07, 6.45) is 6.28. The number of pyridine rings is 2. The lowest BCUT2D eigenvalue weighted by Crippen LogP contribution is -1.96. The van der Waals surface area contributed by atoms with Crippen molar-refractivity contribution in [2.45, 2.75) is 6.92 Å². The van der Waals surface area contributed by atoms with E-state index in [1.54, 1.807) is 23.7 Å². The van der Waals surface area contributed by atoms with Crippen molar-refractivity contribution in [2.75, 3.05) is 0 Å². The Morgan fingerprint density at radius 3 is 2.88 bits per heavy atom. The number of hydrogen-bond acceptors (Lipinski definition) is 5. The van der Waals surface area contributed by atoms with Crippen molar-refractivity contribution >= 4 is 28.5 Å². The minimum Gasteiger partial charge on any atom is -0.349 e. The lowest BCUT2D eigenvalue weighted by Gasteiger charge is -2.03. The molecule has 0 aromatic carbocycles. The number of hydrogen-bond donors (Lipinski definition) is 0. The van der Waals surface area contributed by atoms with E-state index < -0.39 is 0 Å². The molecule has 4 aromatic heterocycles. The zero-order valence-electron chi connectivity index (χ0n) is 13.2. The second-order valence-electron chi connectivity index (χ2n) is 5.55. The van der Waals surface area contributed by atoms with Crippen LogP contribution in [0.3, 0.4) is 0 Å². The van der Waals surface area contributed by atoms with Crippen LogP contribution < -0.4 is 0 Å². The van der Waals surface area contributed by atoms with Gasteiger partial charge in [-0.25, -0.2) is 9.97 Å². The zero-order chi connectivity index (χ0) is 16.7. The number of rotatable bonds is 3. The fourth-order valence-electron chi connectivity index (χ4n) is 2.80. The van der Waals surface area contributed by atoms with Gasteiger partial charge in [0.1, 0.15) is 10.7 Å². The van der Waals surface area contributed by atoms with E-state index in [9.17, 15) is 4.79 Å². The van der Waals surface area contributed by atoms with E-state index in [0.717, 1.165) is 44.0 Å². The minimum atomic E-state index is 0.450. The third-order valence-electron chi connectivity index (χ3n) is 3.93. The first kappa shape index (κ1) is 14.7. The first-order chi connectivity index (χ1) is 11.7. The van der Waals surface area contributed by atoms with Gasteiger partial charge in [-0.05, 0) is 31.2 Å². The van der Waals surface area contributed by atoms with E-state index in [-0.39, 0.29) is 0 Å². The second-order valence-corrected chi connectivity index (χ2v) is 6.55. The number of aromatic nitrogens is 4. The van der Waals surface area contributed by atoms with Crippen LogP contribution in [0.4, 0.5) is 0 Å². The molecule has 0 unspecified atom stereocenters. The normalized spacial score (nSPS) is 11.1. The molecule has 4 aromatic rings. The van der Waals surface area contributed by atoms with Gasteiger partial charge in [-0.1, -0.05) is 0 Å². The van der Waals surface area contributed by atoms with Crippen molar-refractivity contribution in [3.8, 4) is 21.1 Å². The van der Waals surface area contributed by atoms with Gasteiger partial charge in [-0.15, -0.1) is 11.3 Å². The lowest BCUT2D eigenvalue weighted by molar-refractivity contribution is 0.112. The Morgan fingerprint density at radius 1 is 1.25 bits per heavy atom. The summed E-state index contributed by atoms with van der Waals surface area (Å²) in [6.45, 7) is 1.96. The Balaban J connectivity index is 1.89. The maximum Gasteiger partial charge on any atom is 0.170 e. The Bertz CT molecular complexity index is 1050. The highest BCUT2D eigenvalue weighted by atomic mass is 32.1. The van der Waals surface area contributed by atoms with Crippen LogP contribution in [0.1, 0.15) is 16.2 Å². The van der Waals surface area contributed by atoms with Crippen molar-refractivity contribution in [3.05, 3.63) is 54.2 Å². The average molecular weight is 334 g/mol. The molecule has 0 saturated carbocycles. The van der Waals surface area contributed by atoms with Crippen LogP contribution >= 0.6 is 11.3 Å². The van der Waals surface area contributed by atoms with Crippen molar-refractivity contribution in [2.24, 2.45) is 7.05 Å². The van der Waals surface area contributed by atoms with E-state index in [2.05, 4.69) is 15.0 Å². The van der Waals surface area contributed by atoms with Gasteiger partial charge in [0.2, 0.25) is 0 Å². The Morgan fingerprint density at radius 2 is 2.12 bits per heavy atom. The van der Waals surface area contributed by atoms with Gasteiger partial charge in [-0.2, -0.15) is 0 Å². The highest BCUT2D eigenvalue weighted by Crippen LogP contribution is 2.35. The number of aldehydes is 1. The van der Waals surface area contributed by atoms with Crippen molar-refractivity contribution < 1.29 is 4.79 Å². The number of nitrogens with zero attached hydrogens (tertiary/aromatic N) is 4. The topological polar surface area (TPSA) is 60.7 Å². The quantitative estimate of drug-likeness (QED) is 0.534. The molecular weight excluding hydrogens is 320 g/mol. The van der Waals surface area contributed by atoms with Gasteiger partial charge in [0.25, 0.3) is 0 Å². The molecule has 4 heterocycles. The van der Waals surface area contributed by atoms with Crippen molar-refractivity contribution in [3.63, 3.8) is 0 Å². The van der Waals surface area contributed by atoms with Crippen molar-refractivity contribution in [1.29, 1.82) is 0 Å². The molecule has 0 aliphatic heterocycles. The summed E-state index contributed by atoms with van der Waals surface area (Å²) in [5, 5.41) is 1.90. The number of fused-ring (bicyclic) bond motifs is 1. The van der Waals surface area contributed by atoms with Gasteiger partial charge in [0, 0.05) is 36.6 Å². The molecule has 4 rings (SSSR count). The van der Waals surface area contributed by atoms with Gasteiger partial charge in [-0.3, -0.25) is 9.78 Å². The van der Waals surface area contributed by atoms with Crippen LogP contribution in [0, 0.1) is 6.92 Å². The molecule has 0 atom stereocenters. The first-order valence-electron chi connectivity index (χ1n) is 7.47. The van der Waals surface area contributed by atoms with Crippen LogP contribution in [0.25, 0.3) is 32.0 Å². The summed E-state index contributed by atoms with van der Waals surface area (Å²) < 4.78 is 1.91. The van der Waals surface area contributed by atoms with Gasteiger partial charge in [0.15, 0.2) is 6.29 Å². The summed E-state index contributed by atoms with van der Waals surface area (Å²) in [5.74, 6) is 0. The molecule has 0 aliphatic rings. The predicted octanol–water partition coefficient (Wildman–Crippen LogP) is 3.88. The molecular formula is C18H14N4OS. The molecule has 5 nitrogen and oxygen atoms in total. The summed E-state index contributed by atoms with van der Waals surface area (Å²) in [6, 6.07) is 7.88. The largest absolute Gasteiger partial charge is 0.349 e. The van der Waals surface area contributed by atoms with Crippen LogP contribution in [0.2, 0.25) is 0 Å². The molecule has 6 heteroatoms. The van der Waals surface area contributed by atoms with Crippen LogP contribution in [-0.4, -0.2) is 25.8 Å². The summed E-state index contributed by atoms with van der Waals surface area (Å²) >= 11 is 1.56. The van der Waals surface area contributed by atoms with Crippen molar-refractivity contribution in [1.82, 2.24) is 19.5 Å². The van der Waals surface area contributed by atoms with Crippen LogP contribution in [0.5, 0.6) is 0 Å². The summed E-state index contributed by atoms with van der Waals surface area (Å²) in [4.78, 5) is 25.8. The molecule has 0 bridgehead atoms. The monoisotopic (exact) mass is 334 g/mol. The lowest BCUT2D eigenvalue weighted by atomic mass is 10.2. The van der Waals surface area contributed by atoms with E-state index in [0.29, 0.717) is 5.69 Å². The fraction of sp³-hybridized carbons (Fsp3) is 0.111. The van der Waals surface area contributed by atoms with Crippen LogP contribution in [-0.2, 0) is 7.05 Å². The molecule has 118 valence electrons. The predicted molar refractivity (Wildman–Crippen MR) is 95.2 cm³/mol. The SMILES string of the molecule is Cc1nc(-c2cccnc2)sc1-c1cc2ccn(C)c2c(C=O)n1. The molecule has 0 N–H and O–H groups in total. The van der Waals surface area contributed by atoms with E-state index in [4.69, 9.17) is 0 Å². The zero-order valence-corrected chi connectivity index (χ0v) is 14.0. The average Bonchev–Trinajstić information content (AvgIpc) is 3.18. The summed E-state index contributed by atoms with van der Waals surface area (Å²) in [7, 11) is 1.91. The maximum atomic E-state index is 11.5. The van der Waals surface area contributed by atoms with E-state index in [1.165, 1.54) is 0 Å². The second kappa shape index (κ2) is 5.65. The van der Waals surface area contributed by atoms with Crippen LogP contribution in [0.15, 0.2) is 42.9 Å². The highest BCUT2D eigenvalue weighted by Gasteiger charge is 2.16. The summed E-state index contributed by atoms with van der Waals surface area (Å²) in [5.41, 5.74) is 3.96. The standard InChI is InChI=1S/C18H14N4OS/c1-11-17(24-18(20-11)13-4-3-6-19-9-13)14-8-12-5-7-22(2)16(12)15(10-23)21-14/h3-10H,1-2H3. The molecule has 0 fully saturated rings. The Kier molecular flexibility index (Phi) is 3.46. The molecule has 0 aliphatic carbocycles. The first-order valence-corrected chi connectivity index (χ1v) is 8.28. The number of thiazole rings is 1. The highest BCUT2D eigenvalue weighted by molar-refractivity contribution is 7.18. The maximum absolute atomic E-state index is 11.5. The number of carbonyl (C=O) groups excluding carboxylic acids is 1. The molecule has 24 heavy (non-hydrogen) atoms. The van der Waals surface area contributed by atoms with Gasteiger partial charge in [0.05, 0.1) is 21.8 Å². The van der Waals surface area contributed by atoms with Gasteiger partial charge < -0.3 is 4.57 Å². The smallest absolute Gasteiger partial charge is 0.170 e. The third kappa shape index (κ3) is 2.32. The van der Waals surface area contributed by atoms with E-state index >= 15 is 0 Å². The van der Waals surface area contributed by atoms with Gasteiger partial charge >= 0.3 is 0 Å². The molecule has 0 saturated heterocycles. The Hall–Kier alpha value is -2.86. The Labute approximate surface area is 142 Å². The third-order valence-corrected chi connectivity index (χ3v) is 5.16. The molecule has 0 spiro atoms.